The maximum absolute atomic E-state index is 9.61. The summed E-state index contributed by atoms with van der Waals surface area (Å²) in [6.45, 7) is 0. The number of nitrogens with zero attached hydrogens (tertiary/aromatic N) is 1. The standard InChI is InChI=1S/C10H13NO4/c1-13-8-4-7(6-11-15-3)5-9(14-2)10(8)12/h4-6,12H,1-3H3/b11-6+. The number of phenolic OH excluding ortho intramolecular Hbond substituents is 1. The molecule has 0 aliphatic rings. The third-order valence-corrected chi connectivity index (χ3v) is 1.81. The van der Waals surface area contributed by atoms with Crippen LogP contribution in [-0.2, 0) is 4.84 Å². The van der Waals surface area contributed by atoms with E-state index >= 15 is 0 Å². The van der Waals surface area contributed by atoms with Crippen molar-refractivity contribution in [3.63, 3.8) is 0 Å². The van der Waals surface area contributed by atoms with Gasteiger partial charge in [0.2, 0.25) is 5.75 Å². The van der Waals surface area contributed by atoms with Gasteiger partial charge < -0.3 is 19.4 Å². The molecule has 1 aromatic carbocycles. The lowest BCUT2D eigenvalue weighted by Crippen LogP contribution is -1.92. The van der Waals surface area contributed by atoms with Crippen LogP contribution in [0.25, 0.3) is 0 Å². The maximum Gasteiger partial charge on any atom is 0.200 e. The van der Waals surface area contributed by atoms with E-state index in [1.54, 1.807) is 12.1 Å². The van der Waals surface area contributed by atoms with Crippen molar-refractivity contribution in [2.24, 2.45) is 5.16 Å². The Morgan fingerprint density at radius 1 is 1.13 bits per heavy atom. The zero-order valence-corrected chi connectivity index (χ0v) is 8.85. The summed E-state index contributed by atoms with van der Waals surface area (Å²) in [5.41, 5.74) is 0.711. The summed E-state index contributed by atoms with van der Waals surface area (Å²) >= 11 is 0. The second-order valence-corrected chi connectivity index (χ2v) is 2.69. The van der Waals surface area contributed by atoms with E-state index in [-0.39, 0.29) is 5.75 Å². The topological polar surface area (TPSA) is 60.3 Å². The van der Waals surface area contributed by atoms with Crippen molar-refractivity contribution in [2.75, 3.05) is 21.3 Å². The number of hydrogen-bond donors (Lipinski definition) is 1. The zero-order valence-electron chi connectivity index (χ0n) is 8.85. The third-order valence-electron chi connectivity index (χ3n) is 1.81. The Bertz CT molecular complexity index is 337. The van der Waals surface area contributed by atoms with Crippen LogP contribution in [0.3, 0.4) is 0 Å². The van der Waals surface area contributed by atoms with Crippen molar-refractivity contribution in [3.05, 3.63) is 17.7 Å². The van der Waals surface area contributed by atoms with Gasteiger partial charge in [0.05, 0.1) is 20.4 Å². The van der Waals surface area contributed by atoms with E-state index < -0.39 is 0 Å². The van der Waals surface area contributed by atoms with Crippen molar-refractivity contribution >= 4 is 6.21 Å². The predicted molar refractivity (Wildman–Crippen MR) is 55.8 cm³/mol. The molecule has 0 saturated heterocycles. The van der Waals surface area contributed by atoms with Gasteiger partial charge in [0.25, 0.3) is 0 Å². The van der Waals surface area contributed by atoms with Crippen molar-refractivity contribution in [1.82, 2.24) is 0 Å². The summed E-state index contributed by atoms with van der Waals surface area (Å²) in [5, 5.41) is 13.2. The molecule has 0 atom stereocenters. The Balaban J connectivity index is 3.14. The van der Waals surface area contributed by atoms with Crippen LogP contribution in [0, 0.1) is 0 Å². The molecule has 5 heteroatoms. The summed E-state index contributed by atoms with van der Waals surface area (Å²) in [6, 6.07) is 3.25. The third kappa shape index (κ3) is 2.52. The van der Waals surface area contributed by atoms with Crippen molar-refractivity contribution in [1.29, 1.82) is 0 Å². The average Bonchev–Trinajstić information content (AvgIpc) is 2.27. The Kier molecular flexibility index (Phi) is 3.79. The fourth-order valence-electron chi connectivity index (χ4n) is 1.10. The van der Waals surface area contributed by atoms with E-state index in [1.807, 2.05) is 0 Å². The molecule has 0 saturated carbocycles. The molecule has 0 radical (unpaired) electrons. The van der Waals surface area contributed by atoms with E-state index in [0.29, 0.717) is 17.1 Å². The van der Waals surface area contributed by atoms with Crippen LogP contribution in [0.5, 0.6) is 17.2 Å². The van der Waals surface area contributed by atoms with Crippen LogP contribution in [0.1, 0.15) is 5.56 Å². The van der Waals surface area contributed by atoms with Gasteiger partial charge in [-0.3, -0.25) is 0 Å². The minimum Gasteiger partial charge on any atom is -0.502 e. The number of phenols is 1. The maximum atomic E-state index is 9.61. The largest absolute Gasteiger partial charge is 0.502 e. The number of benzene rings is 1. The highest BCUT2D eigenvalue weighted by Crippen LogP contribution is 2.36. The molecule has 0 aromatic heterocycles. The highest BCUT2D eigenvalue weighted by atomic mass is 16.6. The number of ether oxygens (including phenoxy) is 2. The first kappa shape index (κ1) is 11.2. The lowest BCUT2D eigenvalue weighted by molar-refractivity contribution is 0.215. The van der Waals surface area contributed by atoms with Gasteiger partial charge in [0.15, 0.2) is 11.5 Å². The quantitative estimate of drug-likeness (QED) is 0.604. The predicted octanol–water partition coefficient (Wildman–Crippen LogP) is 1.39. The van der Waals surface area contributed by atoms with E-state index in [1.165, 1.54) is 27.5 Å². The molecule has 82 valence electrons. The number of oxime groups is 1. The molecule has 0 spiro atoms. The van der Waals surface area contributed by atoms with Crippen LogP contribution in [0.15, 0.2) is 17.3 Å². The molecule has 15 heavy (non-hydrogen) atoms. The van der Waals surface area contributed by atoms with Gasteiger partial charge >= 0.3 is 0 Å². The van der Waals surface area contributed by atoms with Crippen molar-refractivity contribution in [3.8, 4) is 17.2 Å². The Morgan fingerprint density at radius 2 is 1.67 bits per heavy atom. The van der Waals surface area contributed by atoms with Gasteiger partial charge in [-0.2, -0.15) is 0 Å². The van der Waals surface area contributed by atoms with E-state index in [2.05, 4.69) is 9.99 Å². The Labute approximate surface area is 87.9 Å². The molecule has 1 rings (SSSR count). The van der Waals surface area contributed by atoms with Gasteiger partial charge in [-0.1, -0.05) is 5.16 Å². The molecule has 5 nitrogen and oxygen atoms in total. The van der Waals surface area contributed by atoms with E-state index in [9.17, 15) is 5.11 Å². The normalized spacial score (nSPS) is 10.3. The van der Waals surface area contributed by atoms with Gasteiger partial charge in [0, 0.05) is 5.56 Å². The smallest absolute Gasteiger partial charge is 0.200 e. The highest BCUT2D eigenvalue weighted by molar-refractivity contribution is 5.81. The number of aromatic hydroxyl groups is 1. The first-order valence-electron chi connectivity index (χ1n) is 4.24. The van der Waals surface area contributed by atoms with Gasteiger partial charge in [-0.25, -0.2) is 0 Å². The van der Waals surface area contributed by atoms with Crippen LogP contribution < -0.4 is 9.47 Å². The van der Waals surface area contributed by atoms with Crippen LogP contribution >= 0.6 is 0 Å². The van der Waals surface area contributed by atoms with E-state index in [0.717, 1.165) is 0 Å². The molecular formula is C10H13NO4. The highest BCUT2D eigenvalue weighted by Gasteiger charge is 2.09. The van der Waals surface area contributed by atoms with Gasteiger partial charge in [-0.05, 0) is 12.1 Å². The molecule has 0 fully saturated rings. The second-order valence-electron chi connectivity index (χ2n) is 2.69. The van der Waals surface area contributed by atoms with Crippen molar-refractivity contribution in [2.45, 2.75) is 0 Å². The number of methoxy groups -OCH3 is 2. The van der Waals surface area contributed by atoms with Crippen molar-refractivity contribution < 1.29 is 19.4 Å². The lowest BCUT2D eigenvalue weighted by Gasteiger charge is -2.08. The minimum absolute atomic E-state index is 0.0328. The molecule has 0 bridgehead atoms. The summed E-state index contributed by atoms with van der Waals surface area (Å²) in [6.07, 6.45) is 1.49. The molecule has 0 unspecified atom stereocenters. The molecule has 1 N–H and O–H groups in total. The summed E-state index contributed by atoms with van der Waals surface area (Å²) in [7, 11) is 4.38. The molecule has 0 heterocycles. The summed E-state index contributed by atoms with van der Waals surface area (Å²) in [4.78, 5) is 4.55. The second kappa shape index (κ2) is 5.09. The first-order valence-corrected chi connectivity index (χ1v) is 4.24. The van der Waals surface area contributed by atoms with Crippen LogP contribution in [0.4, 0.5) is 0 Å². The zero-order chi connectivity index (χ0) is 11.3. The van der Waals surface area contributed by atoms with Gasteiger partial charge in [-0.15, -0.1) is 0 Å². The molecule has 0 aliphatic carbocycles. The SMILES string of the molecule is CO/N=C/c1cc(OC)c(O)c(OC)c1. The number of rotatable bonds is 4. The Morgan fingerprint density at radius 3 is 2.07 bits per heavy atom. The molecule has 0 amide bonds. The first-order chi connectivity index (χ1) is 7.22. The molecule has 1 aromatic rings. The summed E-state index contributed by atoms with van der Waals surface area (Å²) < 4.78 is 9.95. The summed E-state index contributed by atoms with van der Waals surface area (Å²) in [5.74, 6) is 0.619. The fourth-order valence-corrected chi connectivity index (χ4v) is 1.10. The molecule has 0 aliphatic heterocycles. The fraction of sp³-hybridized carbons (Fsp3) is 0.300. The number of hydrogen-bond acceptors (Lipinski definition) is 5. The van der Waals surface area contributed by atoms with Crippen LogP contribution in [0.2, 0.25) is 0 Å². The van der Waals surface area contributed by atoms with Crippen LogP contribution in [-0.4, -0.2) is 32.7 Å². The minimum atomic E-state index is -0.0328. The monoisotopic (exact) mass is 211 g/mol. The lowest BCUT2D eigenvalue weighted by atomic mass is 10.2. The van der Waals surface area contributed by atoms with Gasteiger partial charge in [0.1, 0.15) is 7.11 Å². The van der Waals surface area contributed by atoms with E-state index in [4.69, 9.17) is 9.47 Å². The average molecular weight is 211 g/mol. The molecular weight excluding hydrogens is 198 g/mol. The Hall–Kier alpha value is -1.91.